The van der Waals surface area contributed by atoms with E-state index in [1.807, 2.05) is 0 Å². The van der Waals surface area contributed by atoms with Crippen molar-refractivity contribution in [1.29, 1.82) is 0 Å². The van der Waals surface area contributed by atoms with Gasteiger partial charge in [-0.05, 0) is 0 Å². The normalized spacial score (nSPS) is 9.82. The maximum atomic E-state index is 10.1. The predicted molar refractivity (Wildman–Crippen MR) is 38.5 cm³/mol. The lowest BCUT2D eigenvalue weighted by atomic mass is 10.8. The highest BCUT2D eigenvalue weighted by Crippen LogP contribution is 2.10. The van der Waals surface area contributed by atoms with Crippen molar-refractivity contribution in [3.05, 3.63) is 6.33 Å². The number of nitrogens with two attached hydrogens (primary N) is 1. The van der Waals surface area contributed by atoms with Crippen LogP contribution in [-0.4, -0.2) is 31.7 Å². The van der Waals surface area contributed by atoms with Crippen molar-refractivity contribution in [2.45, 2.75) is 5.16 Å². The predicted octanol–water partition coefficient (Wildman–Crippen LogP) is -0.831. The zero-order valence-electron chi connectivity index (χ0n) is 5.47. The molecule has 60 valence electrons. The second kappa shape index (κ2) is 3.24. The van der Waals surface area contributed by atoms with E-state index in [0.29, 0.717) is 5.16 Å². The Kier molecular flexibility index (Phi) is 2.32. The van der Waals surface area contributed by atoms with Gasteiger partial charge in [0, 0.05) is 0 Å². The van der Waals surface area contributed by atoms with Crippen LogP contribution in [0.15, 0.2) is 11.5 Å². The van der Waals surface area contributed by atoms with Crippen LogP contribution < -0.4 is 5.84 Å². The standard InChI is InChI=1S/C4H6N4O2S/c5-8-2-6-7-4(8)11-1-3(9)10/h2H,1,5H2,(H,9,10). The van der Waals surface area contributed by atoms with Crippen LogP contribution in [0.25, 0.3) is 0 Å². The van der Waals surface area contributed by atoms with Gasteiger partial charge in [-0.15, -0.1) is 10.2 Å². The average molecular weight is 174 g/mol. The first-order valence-corrected chi connectivity index (χ1v) is 3.68. The number of carbonyl (C=O) groups is 1. The second-order valence-corrected chi connectivity index (χ2v) is 2.65. The van der Waals surface area contributed by atoms with E-state index in [9.17, 15) is 4.79 Å². The van der Waals surface area contributed by atoms with Crippen molar-refractivity contribution in [1.82, 2.24) is 14.9 Å². The second-order valence-electron chi connectivity index (χ2n) is 1.70. The molecule has 7 heteroatoms. The Morgan fingerprint density at radius 2 is 2.64 bits per heavy atom. The summed E-state index contributed by atoms with van der Waals surface area (Å²) in [6, 6.07) is 0. The molecule has 1 rings (SSSR count). The third-order valence-corrected chi connectivity index (χ3v) is 1.81. The van der Waals surface area contributed by atoms with Gasteiger partial charge in [-0.2, -0.15) is 0 Å². The molecule has 3 N–H and O–H groups in total. The minimum absolute atomic E-state index is 0.0596. The Balaban J connectivity index is 2.51. The van der Waals surface area contributed by atoms with Gasteiger partial charge in [0.05, 0.1) is 5.75 Å². The maximum Gasteiger partial charge on any atom is 0.313 e. The van der Waals surface area contributed by atoms with Gasteiger partial charge >= 0.3 is 5.97 Å². The molecule has 1 aromatic heterocycles. The molecular weight excluding hydrogens is 168 g/mol. The molecule has 1 heterocycles. The van der Waals surface area contributed by atoms with E-state index in [2.05, 4.69) is 10.2 Å². The zero-order chi connectivity index (χ0) is 8.27. The summed E-state index contributed by atoms with van der Waals surface area (Å²) in [6.07, 6.45) is 1.31. The summed E-state index contributed by atoms with van der Waals surface area (Å²) >= 11 is 1.03. The number of carboxylic acids is 1. The molecule has 0 aliphatic rings. The van der Waals surface area contributed by atoms with Crippen molar-refractivity contribution in [2.75, 3.05) is 11.6 Å². The van der Waals surface area contributed by atoms with Crippen LogP contribution in [-0.2, 0) is 4.79 Å². The Bertz CT molecular complexity index is 260. The number of hydrogen-bond acceptors (Lipinski definition) is 5. The fourth-order valence-corrected chi connectivity index (χ4v) is 1.02. The van der Waals surface area contributed by atoms with Crippen molar-refractivity contribution >= 4 is 17.7 Å². The lowest BCUT2D eigenvalue weighted by Crippen LogP contribution is -2.09. The number of rotatable bonds is 3. The molecule has 6 nitrogen and oxygen atoms in total. The van der Waals surface area contributed by atoms with Crippen LogP contribution in [0.3, 0.4) is 0 Å². The highest BCUT2D eigenvalue weighted by Gasteiger charge is 2.04. The van der Waals surface area contributed by atoms with Gasteiger partial charge in [0.1, 0.15) is 6.33 Å². The molecule has 0 aliphatic carbocycles. The molecule has 11 heavy (non-hydrogen) atoms. The Morgan fingerprint density at radius 1 is 1.91 bits per heavy atom. The van der Waals surface area contributed by atoms with Crippen molar-refractivity contribution in [3.8, 4) is 0 Å². The summed E-state index contributed by atoms with van der Waals surface area (Å²) < 4.78 is 1.17. The number of nitrogens with zero attached hydrogens (tertiary/aromatic N) is 3. The summed E-state index contributed by atoms with van der Waals surface area (Å²) in [5, 5.41) is 15.7. The molecule has 0 aromatic carbocycles. The molecule has 0 amide bonds. The van der Waals surface area contributed by atoms with Gasteiger partial charge in [0.15, 0.2) is 0 Å². The summed E-state index contributed by atoms with van der Waals surface area (Å²) in [4.78, 5) is 10.1. The molecule has 0 spiro atoms. The minimum Gasteiger partial charge on any atom is -0.481 e. The van der Waals surface area contributed by atoms with Gasteiger partial charge in [0.2, 0.25) is 5.16 Å². The molecule has 0 fully saturated rings. The SMILES string of the molecule is Nn1cnnc1SCC(=O)O. The highest BCUT2D eigenvalue weighted by molar-refractivity contribution is 7.99. The summed E-state index contributed by atoms with van der Waals surface area (Å²) in [5.41, 5.74) is 0. The quantitative estimate of drug-likeness (QED) is 0.458. The van der Waals surface area contributed by atoms with Gasteiger partial charge < -0.3 is 10.9 Å². The van der Waals surface area contributed by atoms with E-state index in [1.54, 1.807) is 0 Å². The number of nitrogen functional groups attached to an aromatic ring is 1. The number of aromatic nitrogens is 3. The molecule has 1 aromatic rings. The number of carboxylic acid groups (broad SMARTS) is 1. The van der Waals surface area contributed by atoms with Gasteiger partial charge in [-0.3, -0.25) is 4.79 Å². The van der Waals surface area contributed by atoms with Gasteiger partial charge in [-0.25, -0.2) is 4.68 Å². The molecule has 0 bridgehead atoms. The van der Waals surface area contributed by atoms with Crippen LogP contribution in [0.4, 0.5) is 0 Å². The zero-order valence-corrected chi connectivity index (χ0v) is 6.28. The maximum absolute atomic E-state index is 10.1. The fourth-order valence-electron chi connectivity index (χ4n) is 0.462. The summed E-state index contributed by atoms with van der Waals surface area (Å²) in [5.74, 6) is 4.34. The molecule has 0 radical (unpaired) electrons. The molecule has 0 atom stereocenters. The van der Waals surface area contributed by atoms with Crippen LogP contribution in [0, 0.1) is 0 Å². The third kappa shape index (κ3) is 2.11. The smallest absolute Gasteiger partial charge is 0.313 e. The van der Waals surface area contributed by atoms with Crippen molar-refractivity contribution in [3.63, 3.8) is 0 Å². The van der Waals surface area contributed by atoms with E-state index in [4.69, 9.17) is 10.9 Å². The van der Waals surface area contributed by atoms with Gasteiger partial charge in [0.25, 0.3) is 0 Å². The average Bonchev–Trinajstić information content (AvgIpc) is 2.31. The molecule has 0 unspecified atom stereocenters. The van der Waals surface area contributed by atoms with E-state index in [1.165, 1.54) is 11.0 Å². The lowest BCUT2D eigenvalue weighted by Gasteiger charge is -1.94. The summed E-state index contributed by atoms with van der Waals surface area (Å²) in [6.45, 7) is 0. The van der Waals surface area contributed by atoms with Crippen LogP contribution in [0.2, 0.25) is 0 Å². The highest BCUT2D eigenvalue weighted by atomic mass is 32.2. The Morgan fingerprint density at radius 3 is 3.09 bits per heavy atom. The first kappa shape index (κ1) is 7.86. The van der Waals surface area contributed by atoms with E-state index in [-0.39, 0.29) is 5.75 Å². The Labute approximate surface area is 66.4 Å². The van der Waals surface area contributed by atoms with Crippen LogP contribution in [0.5, 0.6) is 0 Å². The minimum atomic E-state index is -0.905. The Hall–Kier alpha value is -1.24. The molecule has 0 aliphatic heterocycles. The lowest BCUT2D eigenvalue weighted by molar-refractivity contribution is -0.133. The summed E-state index contributed by atoms with van der Waals surface area (Å²) in [7, 11) is 0. The number of hydrogen-bond donors (Lipinski definition) is 2. The monoisotopic (exact) mass is 174 g/mol. The van der Waals surface area contributed by atoms with Crippen LogP contribution >= 0.6 is 11.8 Å². The molecular formula is C4H6N4O2S. The van der Waals surface area contributed by atoms with E-state index >= 15 is 0 Å². The first-order valence-electron chi connectivity index (χ1n) is 2.70. The largest absolute Gasteiger partial charge is 0.481 e. The van der Waals surface area contributed by atoms with E-state index < -0.39 is 5.97 Å². The van der Waals surface area contributed by atoms with Crippen molar-refractivity contribution < 1.29 is 9.90 Å². The fraction of sp³-hybridized carbons (Fsp3) is 0.250. The van der Waals surface area contributed by atoms with Crippen LogP contribution in [0.1, 0.15) is 0 Å². The van der Waals surface area contributed by atoms with Gasteiger partial charge in [-0.1, -0.05) is 11.8 Å². The third-order valence-electron chi connectivity index (χ3n) is 0.865. The molecule has 0 saturated carbocycles. The number of aliphatic carboxylic acids is 1. The molecule has 0 saturated heterocycles. The van der Waals surface area contributed by atoms with E-state index in [0.717, 1.165) is 11.8 Å². The number of thioether (sulfide) groups is 1. The topological polar surface area (TPSA) is 94.0 Å². The van der Waals surface area contributed by atoms with Crippen molar-refractivity contribution in [2.24, 2.45) is 0 Å². The first-order chi connectivity index (χ1) is 5.20.